The van der Waals surface area contributed by atoms with Crippen LogP contribution in [0.25, 0.3) is 0 Å². The molecular weight excluding hydrogens is 328 g/mol. The fraction of sp³-hybridized carbons (Fsp3) is 0.700. The largest absolute Gasteiger partial charge is 0.381 e. The highest BCUT2D eigenvalue weighted by molar-refractivity contribution is 5.80. The van der Waals surface area contributed by atoms with Crippen LogP contribution in [0.15, 0.2) is 18.3 Å². The molecule has 144 valence electrons. The zero-order valence-corrected chi connectivity index (χ0v) is 16.3. The minimum absolute atomic E-state index is 0.142. The third kappa shape index (κ3) is 5.34. The molecule has 0 radical (unpaired) electrons. The monoisotopic (exact) mass is 360 g/mol. The second-order valence-corrected chi connectivity index (χ2v) is 7.82. The number of carbonyl (C=O) groups excluding carboxylic acids is 1. The highest BCUT2D eigenvalue weighted by Gasteiger charge is 2.27. The average molecular weight is 361 g/mol. The molecule has 1 aromatic rings. The van der Waals surface area contributed by atoms with Gasteiger partial charge in [0.05, 0.1) is 18.5 Å². The number of likely N-dealkylation sites (tertiary alicyclic amines) is 1. The molecule has 2 atom stereocenters. The van der Waals surface area contributed by atoms with Crippen LogP contribution in [-0.2, 0) is 9.53 Å². The molecule has 1 N–H and O–H groups in total. The van der Waals surface area contributed by atoms with Gasteiger partial charge in [0, 0.05) is 33.2 Å². The van der Waals surface area contributed by atoms with Gasteiger partial charge in [0.2, 0.25) is 0 Å². The van der Waals surface area contributed by atoms with Gasteiger partial charge in [-0.1, -0.05) is 0 Å². The Morgan fingerprint density at radius 3 is 2.77 bits per heavy atom. The summed E-state index contributed by atoms with van der Waals surface area (Å²) in [5.41, 5.74) is 1.04. The summed E-state index contributed by atoms with van der Waals surface area (Å²) in [6.45, 7) is 4.24. The van der Waals surface area contributed by atoms with Crippen LogP contribution in [0.5, 0.6) is 0 Å². The molecule has 1 aliphatic heterocycles. The van der Waals surface area contributed by atoms with Crippen molar-refractivity contribution in [3.05, 3.63) is 18.3 Å². The molecule has 1 saturated carbocycles. The molecule has 2 aliphatic rings. The Labute approximate surface area is 156 Å². The molecule has 2 fully saturated rings. The normalized spacial score (nSPS) is 21.8. The van der Waals surface area contributed by atoms with Crippen LogP contribution >= 0.6 is 0 Å². The number of amides is 1. The van der Waals surface area contributed by atoms with E-state index in [1.807, 2.05) is 43.1 Å². The summed E-state index contributed by atoms with van der Waals surface area (Å²) in [6.07, 6.45) is 7.11. The first kappa shape index (κ1) is 19.0. The van der Waals surface area contributed by atoms with Crippen molar-refractivity contribution in [2.45, 2.75) is 51.2 Å². The lowest BCUT2D eigenvalue weighted by Gasteiger charge is -2.24. The Morgan fingerprint density at radius 1 is 1.31 bits per heavy atom. The maximum absolute atomic E-state index is 12.6. The maximum atomic E-state index is 12.6. The molecule has 0 aromatic carbocycles. The third-order valence-corrected chi connectivity index (χ3v) is 5.24. The zero-order valence-electron chi connectivity index (χ0n) is 16.3. The number of anilines is 2. The van der Waals surface area contributed by atoms with Gasteiger partial charge < -0.3 is 19.9 Å². The fourth-order valence-electron chi connectivity index (χ4n) is 3.33. The standard InChI is InChI=1S/C20H32N4O2/c1-15(26-14-16-6-7-16)20(25)24-11-4-5-17(10-12-24)22-18-8-9-19(21-13-18)23(2)3/h8-9,13,15-17,22H,4-7,10-12,14H2,1-3H3/t15-,17+/m1/s1. The summed E-state index contributed by atoms with van der Waals surface area (Å²) in [4.78, 5) is 21.0. The topological polar surface area (TPSA) is 57.7 Å². The molecule has 2 heterocycles. The van der Waals surface area contributed by atoms with Crippen LogP contribution < -0.4 is 10.2 Å². The number of aromatic nitrogens is 1. The fourth-order valence-corrected chi connectivity index (χ4v) is 3.33. The first-order valence-electron chi connectivity index (χ1n) is 9.83. The van der Waals surface area contributed by atoms with E-state index in [0.717, 1.165) is 50.5 Å². The lowest BCUT2D eigenvalue weighted by Crippen LogP contribution is -2.40. The maximum Gasteiger partial charge on any atom is 0.251 e. The molecule has 6 nitrogen and oxygen atoms in total. The number of ether oxygens (including phenoxy) is 1. The summed E-state index contributed by atoms with van der Waals surface area (Å²) in [5, 5.41) is 3.57. The highest BCUT2D eigenvalue weighted by Crippen LogP contribution is 2.29. The molecule has 3 rings (SSSR count). The molecule has 1 aliphatic carbocycles. The second-order valence-electron chi connectivity index (χ2n) is 7.82. The van der Waals surface area contributed by atoms with Crippen molar-refractivity contribution < 1.29 is 9.53 Å². The van der Waals surface area contributed by atoms with Crippen molar-refractivity contribution in [1.82, 2.24) is 9.88 Å². The molecular formula is C20H32N4O2. The van der Waals surface area contributed by atoms with Gasteiger partial charge in [0.25, 0.3) is 5.91 Å². The Kier molecular flexibility index (Phi) is 6.35. The zero-order chi connectivity index (χ0) is 18.5. The minimum Gasteiger partial charge on any atom is -0.381 e. The molecule has 26 heavy (non-hydrogen) atoms. The van der Waals surface area contributed by atoms with E-state index in [0.29, 0.717) is 12.0 Å². The van der Waals surface area contributed by atoms with Crippen LogP contribution in [0.1, 0.15) is 39.0 Å². The van der Waals surface area contributed by atoms with Gasteiger partial charge in [-0.25, -0.2) is 4.98 Å². The Hall–Kier alpha value is -1.82. The highest BCUT2D eigenvalue weighted by atomic mass is 16.5. The Bertz CT molecular complexity index is 586. The van der Waals surface area contributed by atoms with E-state index in [2.05, 4.69) is 16.4 Å². The van der Waals surface area contributed by atoms with Crippen LogP contribution in [0.4, 0.5) is 11.5 Å². The third-order valence-electron chi connectivity index (χ3n) is 5.24. The van der Waals surface area contributed by atoms with Crippen molar-refractivity contribution in [3.8, 4) is 0 Å². The molecule has 0 unspecified atom stereocenters. The SMILES string of the molecule is C[C@@H](OCC1CC1)C(=O)N1CCC[C@H](Nc2ccc(N(C)C)nc2)CC1. The smallest absolute Gasteiger partial charge is 0.251 e. The number of nitrogens with zero attached hydrogens (tertiary/aromatic N) is 3. The van der Waals surface area contributed by atoms with Crippen LogP contribution in [0.2, 0.25) is 0 Å². The lowest BCUT2D eigenvalue weighted by atomic mass is 10.1. The van der Waals surface area contributed by atoms with E-state index in [4.69, 9.17) is 4.74 Å². The van der Waals surface area contributed by atoms with Crippen LogP contribution in [-0.4, -0.2) is 61.7 Å². The molecule has 1 aromatic heterocycles. The van der Waals surface area contributed by atoms with Gasteiger partial charge in [-0.3, -0.25) is 4.79 Å². The van der Waals surface area contributed by atoms with E-state index in [-0.39, 0.29) is 12.0 Å². The van der Waals surface area contributed by atoms with E-state index < -0.39 is 0 Å². The van der Waals surface area contributed by atoms with Gasteiger partial charge in [0.1, 0.15) is 11.9 Å². The molecule has 0 bridgehead atoms. The van der Waals surface area contributed by atoms with Crippen molar-refractivity contribution in [2.75, 3.05) is 44.0 Å². The number of nitrogens with one attached hydrogen (secondary N) is 1. The summed E-state index contributed by atoms with van der Waals surface area (Å²) in [5.74, 6) is 1.78. The Morgan fingerprint density at radius 2 is 2.12 bits per heavy atom. The predicted molar refractivity (Wildman–Crippen MR) is 105 cm³/mol. The minimum atomic E-state index is -0.317. The van der Waals surface area contributed by atoms with Crippen LogP contribution in [0, 0.1) is 5.92 Å². The quantitative estimate of drug-likeness (QED) is 0.810. The van der Waals surface area contributed by atoms with Crippen molar-refractivity contribution >= 4 is 17.4 Å². The summed E-state index contributed by atoms with van der Waals surface area (Å²) in [7, 11) is 3.98. The second kappa shape index (κ2) is 8.71. The van der Waals surface area contributed by atoms with Gasteiger partial charge in [-0.15, -0.1) is 0 Å². The first-order valence-corrected chi connectivity index (χ1v) is 9.83. The van der Waals surface area contributed by atoms with Crippen molar-refractivity contribution in [3.63, 3.8) is 0 Å². The Balaban J connectivity index is 1.46. The number of hydrogen-bond acceptors (Lipinski definition) is 5. The van der Waals surface area contributed by atoms with Crippen molar-refractivity contribution in [1.29, 1.82) is 0 Å². The number of rotatable bonds is 7. The van der Waals surface area contributed by atoms with Gasteiger partial charge in [-0.05, 0) is 57.1 Å². The summed E-state index contributed by atoms with van der Waals surface area (Å²) >= 11 is 0. The molecule has 0 spiro atoms. The number of hydrogen-bond donors (Lipinski definition) is 1. The van der Waals surface area contributed by atoms with Crippen LogP contribution in [0.3, 0.4) is 0 Å². The van der Waals surface area contributed by atoms with Gasteiger partial charge in [-0.2, -0.15) is 0 Å². The summed E-state index contributed by atoms with van der Waals surface area (Å²) in [6, 6.07) is 4.47. The van der Waals surface area contributed by atoms with E-state index in [1.165, 1.54) is 12.8 Å². The van der Waals surface area contributed by atoms with E-state index in [9.17, 15) is 4.79 Å². The number of carbonyl (C=O) groups is 1. The van der Waals surface area contributed by atoms with Crippen molar-refractivity contribution in [2.24, 2.45) is 5.92 Å². The van der Waals surface area contributed by atoms with Gasteiger partial charge in [0.15, 0.2) is 0 Å². The summed E-state index contributed by atoms with van der Waals surface area (Å²) < 4.78 is 5.76. The number of pyridine rings is 1. The van der Waals surface area contributed by atoms with E-state index >= 15 is 0 Å². The molecule has 1 amide bonds. The average Bonchev–Trinajstić information content (AvgIpc) is 3.47. The first-order chi connectivity index (χ1) is 12.5. The predicted octanol–water partition coefficient (Wildman–Crippen LogP) is 2.76. The van der Waals surface area contributed by atoms with Gasteiger partial charge >= 0.3 is 0 Å². The lowest BCUT2D eigenvalue weighted by molar-refractivity contribution is -0.142. The molecule has 1 saturated heterocycles. The molecule has 6 heteroatoms. The van der Waals surface area contributed by atoms with E-state index in [1.54, 1.807) is 0 Å².